The summed E-state index contributed by atoms with van der Waals surface area (Å²) in [5, 5.41) is 16.4. The Labute approximate surface area is 177 Å². The van der Waals surface area contributed by atoms with Gasteiger partial charge in [0, 0.05) is 25.5 Å². The van der Waals surface area contributed by atoms with Crippen molar-refractivity contribution in [1.29, 1.82) is 0 Å². The van der Waals surface area contributed by atoms with Gasteiger partial charge in [-0.15, -0.1) is 10.2 Å². The highest BCUT2D eigenvalue weighted by atomic mass is 16.5. The predicted molar refractivity (Wildman–Crippen MR) is 118 cm³/mol. The van der Waals surface area contributed by atoms with Crippen LogP contribution in [0.15, 0.2) is 12.4 Å². The quantitative estimate of drug-likeness (QED) is 0.521. The average Bonchev–Trinajstić information content (AvgIpc) is 3.20. The lowest BCUT2D eigenvalue weighted by Crippen LogP contribution is -2.09. The third-order valence-electron chi connectivity index (χ3n) is 3.88. The molecule has 7 nitrogen and oxygen atoms in total. The fourth-order valence-corrected chi connectivity index (χ4v) is 2.75. The van der Waals surface area contributed by atoms with Gasteiger partial charge in [0.25, 0.3) is 0 Å². The molecule has 2 rings (SSSR count). The topological polar surface area (TPSA) is 70.7 Å². The first kappa shape index (κ1) is 25.3. The summed E-state index contributed by atoms with van der Waals surface area (Å²) < 4.78 is 9.29. The van der Waals surface area contributed by atoms with Crippen LogP contribution in [0, 0.1) is 23.7 Å². The van der Waals surface area contributed by atoms with E-state index in [0.29, 0.717) is 30.3 Å². The molecule has 0 radical (unpaired) electrons. The second-order valence-electron chi connectivity index (χ2n) is 9.46. The van der Waals surface area contributed by atoms with Crippen molar-refractivity contribution in [2.45, 2.75) is 81.3 Å². The summed E-state index contributed by atoms with van der Waals surface area (Å²) in [5.74, 6) is 2.51. The van der Waals surface area contributed by atoms with Crippen LogP contribution in [0.4, 0.5) is 0 Å². The Balaban J connectivity index is 0.000000296. The summed E-state index contributed by atoms with van der Waals surface area (Å²) in [4.78, 5) is 0. The second kappa shape index (κ2) is 13.5. The van der Waals surface area contributed by atoms with Crippen molar-refractivity contribution >= 4 is 0 Å². The molecular weight excluding hydrogens is 364 g/mol. The molecule has 0 aliphatic carbocycles. The minimum Gasteiger partial charge on any atom is -0.379 e. The molecule has 0 aliphatic heterocycles. The lowest BCUT2D eigenvalue weighted by molar-refractivity contribution is 0.101. The molecule has 0 bridgehead atoms. The number of nitrogens with zero attached hydrogens (tertiary/aromatic N) is 6. The Bertz CT molecular complexity index is 635. The van der Waals surface area contributed by atoms with Crippen molar-refractivity contribution in [3.63, 3.8) is 0 Å². The zero-order valence-corrected chi connectivity index (χ0v) is 19.8. The molecule has 7 heteroatoms. The standard InChI is InChI=1S/C12H23N3O.C10H19N3/c1-10(2)7-12-8-15(14-13-12)5-6-16-9-11(3)4;1-8(2)5-10-7-13(12-11-10)6-9(3)4/h8,10-11H,5-7,9H2,1-4H3;7-9H,5-6H2,1-4H3. The SMILES string of the molecule is CC(C)COCCn1cc(CC(C)C)nn1.CC(C)Cc1cn(CC(C)C)nn1. The van der Waals surface area contributed by atoms with Crippen LogP contribution in [0.25, 0.3) is 0 Å². The van der Waals surface area contributed by atoms with E-state index < -0.39 is 0 Å². The van der Waals surface area contributed by atoms with Gasteiger partial charge in [-0.1, -0.05) is 65.8 Å². The summed E-state index contributed by atoms with van der Waals surface area (Å²) in [7, 11) is 0. The van der Waals surface area contributed by atoms with E-state index in [1.54, 1.807) is 0 Å². The molecule has 0 aliphatic rings. The molecule has 0 atom stereocenters. The molecule has 0 spiro atoms. The van der Waals surface area contributed by atoms with Gasteiger partial charge < -0.3 is 4.74 Å². The smallest absolute Gasteiger partial charge is 0.0829 e. The number of hydrogen-bond donors (Lipinski definition) is 0. The van der Waals surface area contributed by atoms with Crippen molar-refractivity contribution in [2.24, 2.45) is 23.7 Å². The van der Waals surface area contributed by atoms with Crippen molar-refractivity contribution < 1.29 is 4.74 Å². The van der Waals surface area contributed by atoms with Crippen LogP contribution in [-0.4, -0.2) is 43.2 Å². The summed E-state index contributed by atoms with van der Waals surface area (Å²) >= 11 is 0. The summed E-state index contributed by atoms with van der Waals surface area (Å²) in [6, 6.07) is 0. The minimum atomic E-state index is 0.590. The van der Waals surface area contributed by atoms with Gasteiger partial charge in [0.05, 0.1) is 24.5 Å². The molecule has 166 valence electrons. The molecule has 0 unspecified atom stereocenters. The van der Waals surface area contributed by atoms with E-state index in [-0.39, 0.29) is 0 Å². The lowest BCUT2D eigenvalue weighted by atomic mass is 10.1. The molecule has 0 N–H and O–H groups in total. The molecule has 0 saturated carbocycles. The largest absolute Gasteiger partial charge is 0.379 e. The van der Waals surface area contributed by atoms with E-state index in [1.807, 2.05) is 15.6 Å². The minimum absolute atomic E-state index is 0.590. The Kier molecular flexibility index (Phi) is 11.7. The van der Waals surface area contributed by atoms with E-state index in [0.717, 1.165) is 43.9 Å². The highest BCUT2D eigenvalue weighted by molar-refractivity contribution is 4.93. The van der Waals surface area contributed by atoms with E-state index in [1.165, 1.54) is 0 Å². The fraction of sp³-hybridized carbons (Fsp3) is 0.818. The maximum absolute atomic E-state index is 5.50. The number of aromatic nitrogens is 6. The first-order valence-corrected chi connectivity index (χ1v) is 11.0. The molecule has 2 heterocycles. The Hall–Kier alpha value is -1.76. The highest BCUT2D eigenvalue weighted by Crippen LogP contribution is 2.05. The Morgan fingerprint density at radius 2 is 1.24 bits per heavy atom. The van der Waals surface area contributed by atoms with Crippen molar-refractivity contribution in [3.8, 4) is 0 Å². The number of ether oxygens (including phenoxy) is 1. The number of hydrogen-bond acceptors (Lipinski definition) is 5. The zero-order chi connectivity index (χ0) is 21.8. The maximum atomic E-state index is 5.50. The van der Waals surface area contributed by atoms with E-state index in [4.69, 9.17) is 4.74 Å². The average molecular weight is 407 g/mol. The molecule has 29 heavy (non-hydrogen) atoms. The first-order chi connectivity index (χ1) is 13.7. The third-order valence-corrected chi connectivity index (χ3v) is 3.88. The van der Waals surface area contributed by atoms with E-state index in [2.05, 4.69) is 82.2 Å². The summed E-state index contributed by atoms with van der Waals surface area (Å²) in [6.07, 6.45) is 6.09. The van der Waals surface area contributed by atoms with Gasteiger partial charge in [-0.05, 0) is 36.5 Å². The van der Waals surface area contributed by atoms with Gasteiger partial charge in [0.2, 0.25) is 0 Å². The van der Waals surface area contributed by atoms with Crippen LogP contribution in [0.2, 0.25) is 0 Å². The molecule has 2 aromatic heterocycles. The van der Waals surface area contributed by atoms with Crippen LogP contribution >= 0.6 is 0 Å². The van der Waals surface area contributed by atoms with Gasteiger partial charge in [-0.3, -0.25) is 4.68 Å². The van der Waals surface area contributed by atoms with E-state index >= 15 is 0 Å². The van der Waals surface area contributed by atoms with Crippen molar-refractivity contribution in [1.82, 2.24) is 30.0 Å². The predicted octanol–water partition coefficient (Wildman–Crippen LogP) is 4.28. The van der Waals surface area contributed by atoms with Crippen LogP contribution in [0.1, 0.15) is 66.8 Å². The Morgan fingerprint density at radius 1 is 0.724 bits per heavy atom. The summed E-state index contributed by atoms with van der Waals surface area (Å²) in [5.41, 5.74) is 2.18. The van der Waals surface area contributed by atoms with Crippen LogP contribution < -0.4 is 0 Å². The monoisotopic (exact) mass is 406 g/mol. The molecule has 0 saturated heterocycles. The first-order valence-electron chi connectivity index (χ1n) is 11.0. The maximum Gasteiger partial charge on any atom is 0.0829 e. The second-order valence-corrected chi connectivity index (χ2v) is 9.46. The van der Waals surface area contributed by atoms with Crippen molar-refractivity contribution in [3.05, 3.63) is 23.8 Å². The van der Waals surface area contributed by atoms with Gasteiger partial charge in [-0.25, -0.2) is 4.68 Å². The van der Waals surface area contributed by atoms with Crippen LogP contribution in [-0.2, 0) is 30.7 Å². The van der Waals surface area contributed by atoms with E-state index in [9.17, 15) is 0 Å². The van der Waals surface area contributed by atoms with Gasteiger partial charge >= 0.3 is 0 Å². The van der Waals surface area contributed by atoms with Gasteiger partial charge in [0.15, 0.2) is 0 Å². The fourth-order valence-electron chi connectivity index (χ4n) is 2.75. The highest BCUT2D eigenvalue weighted by Gasteiger charge is 2.04. The van der Waals surface area contributed by atoms with Gasteiger partial charge in [-0.2, -0.15) is 0 Å². The zero-order valence-electron chi connectivity index (χ0n) is 19.8. The normalized spacial score (nSPS) is 11.6. The molecule has 0 fully saturated rings. The Morgan fingerprint density at radius 3 is 1.72 bits per heavy atom. The molecule has 2 aromatic rings. The molecule has 0 aromatic carbocycles. The van der Waals surface area contributed by atoms with Crippen LogP contribution in [0.3, 0.4) is 0 Å². The molecular formula is C22H42N6O. The van der Waals surface area contributed by atoms with Gasteiger partial charge in [0.1, 0.15) is 0 Å². The lowest BCUT2D eigenvalue weighted by Gasteiger charge is -2.05. The van der Waals surface area contributed by atoms with Crippen LogP contribution in [0.5, 0.6) is 0 Å². The summed E-state index contributed by atoms with van der Waals surface area (Å²) in [6.45, 7) is 20.7. The van der Waals surface area contributed by atoms with Crippen molar-refractivity contribution in [2.75, 3.05) is 13.2 Å². The molecule has 0 amide bonds. The third kappa shape index (κ3) is 12.4. The number of rotatable bonds is 11.